The average molecular weight is 715 g/mol. The summed E-state index contributed by atoms with van der Waals surface area (Å²) in [6.45, 7) is 6.96. The Balaban J connectivity index is 0.000000178. The Morgan fingerprint density at radius 2 is 0.979 bits per heavy atom. The third-order valence-corrected chi connectivity index (χ3v) is 12.1. The summed E-state index contributed by atoms with van der Waals surface area (Å²) in [6, 6.07) is 0.839. The molecule has 4 fully saturated rings. The second-order valence-corrected chi connectivity index (χ2v) is 15.6. The van der Waals surface area contributed by atoms with Crippen LogP contribution in [0.5, 0.6) is 12.0 Å². The van der Waals surface area contributed by atoms with E-state index in [1.165, 1.54) is 90.6 Å². The number of halogens is 1. The summed E-state index contributed by atoms with van der Waals surface area (Å²) in [5, 5.41) is 0. The Labute approximate surface area is 295 Å². The summed E-state index contributed by atoms with van der Waals surface area (Å²) in [5.74, 6) is 6.28. The van der Waals surface area contributed by atoms with Gasteiger partial charge in [0.1, 0.15) is 0 Å². The molecular weight excluding hydrogens is 650 g/mol. The molecule has 0 radical (unpaired) electrons. The Kier molecular flexibility index (Phi) is 17.1. The highest BCUT2D eigenvalue weighted by Gasteiger charge is 2.30. The van der Waals surface area contributed by atoms with Gasteiger partial charge >= 0.3 is 12.0 Å². The van der Waals surface area contributed by atoms with Crippen LogP contribution >= 0.6 is 15.9 Å². The molecule has 0 amide bonds. The Hall–Kier alpha value is -1.96. The van der Waals surface area contributed by atoms with Gasteiger partial charge in [0.25, 0.3) is 0 Å². The van der Waals surface area contributed by atoms with Crippen LogP contribution in [0.4, 0.5) is 5.69 Å². The van der Waals surface area contributed by atoms with E-state index in [9.17, 15) is 0 Å². The molecule has 3 heterocycles. The first kappa shape index (κ1) is 37.9. The Morgan fingerprint density at radius 3 is 1.40 bits per heavy atom. The van der Waals surface area contributed by atoms with Crippen LogP contribution in [-0.4, -0.2) is 47.2 Å². The first-order chi connectivity index (χ1) is 23.0. The SMILES string of the molecule is CCCC1CCC(C2CCCCC2)CC1.CCCC1CCC(C2CCN(c3cnc(OC)nc3)CC2)CC1.COc1ncc(Br)cn1. The second kappa shape index (κ2) is 21.2. The van der Waals surface area contributed by atoms with Gasteiger partial charge in [-0.3, -0.25) is 0 Å². The molecule has 2 aromatic heterocycles. The molecule has 3 aliphatic carbocycles. The van der Waals surface area contributed by atoms with Crippen molar-refractivity contribution in [2.24, 2.45) is 35.5 Å². The highest BCUT2D eigenvalue weighted by atomic mass is 79.9. The van der Waals surface area contributed by atoms with Crippen LogP contribution in [0.1, 0.15) is 136 Å². The summed E-state index contributed by atoms with van der Waals surface area (Å²) in [7, 11) is 3.14. The van der Waals surface area contributed by atoms with Gasteiger partial charge < -0.3 is 14.4 Å². The summed E-state index contributed by atoms with van der Waals surface area (Å²) >= 11 is 3.19. The monoisotopic (exact) mass is 713 g/mol. The van der Waals surface area contributed by atoms with Crippen LogP contribution < -0.4 is 14.4 Å². The molecule has 8 heteroatoms. The molecule has 0 unspecified atom stereocenters. The summed E-state index contributed by atoms with van der Waals surface area (Å²) in [4.78, 5) is 18.5. The molecule has 7 nitrogen and oxygen atoms in total. The van der Waals surface area contributed by atoms with Crippen LogP contribution in [0, 0.1) is 35.5 Å². The minimum absolute atomic E-state index is 0.387. The molecule has 0 spiro atoms. The van der Waals surface area contributed by atoms with Gasteiger partial charge in [0.05, 0.1) is 36.8 Å². The van der Waals surface area contributed by atoms with E-state index in [1.807, 2.05) is 12.4 Å². The molecule has 3 saturated carbocycles. The number of anilines is 1. The summed E-state index contributed by atoms with van der Waals surface area (Å²) in [5.41, 5.74) is 1.14. The van der Waals surface area contributed by atoms with E-state index in [-0.39, 0.29) is 0 Å². The predicted molar refractivity (Wildman–Crippen MR) is 197 cm³/mol. The topological polar surface area (TPSA) is 73.3 Å². The van der Waals surface area contributed by atoms with Gasteiger partial charge in [-0.25, -0.2) is 19.9 Å². The van der Waals surface area contributed by atoms with Crippen molar-refractivity contribution in [1.82, 2.24) is 19.9 Å². The third-order valence-electron chi connectivity index (χ3n) is 11.6. The van der Waals surface area contributed by atoms with E-state index in [1.54, 1.807) is 58.0 Å². The average Bonchev–Trinajstić information content (AvgIpc) is 3.14. The van der Waals surface area contributed by atoms with Gasteiger partial charge in [-0.2, -0.15) is 0 Å². The lowest BCUT2D eigenvalue weighted by Gasteiger charge is -2.39. The minimum atomic E-state index is 0.387. The Bertz CT molecular complexity index is 1070. The zero-order chi connectivity index (χ0) is 33.3. The van der Waals surface area contributed by atoms with E-state index >= 15 is 0 Å². The van der Waals surface area contributed by atoms with Gasteiger partial charge in [0.15, 0.2) is 0 Å². The Morgan fingerprint density at radius 1 is 0.574 bits per heavy atom. The van der Waals surface area contributed by atoms with E-state index in [4.69, 9.17) is 9.47 Å². The fourth-order valence-electron chi connectivity index (χ4n) is 8.93. The third kappa shape index (κ3) is 12.8. The number of methoxy groups -OCH3 is 2. The van der Waals surface area contributed by atoms with Crippen LogP contribution in [0.2, 0.25) is 0 Å². The quantitative estimate of drug-likeness (QED) is 0.256. The number of hydrogen-bond donors (Lipinski definition) is 0. The number of aromatic nitrogens is 4. The van der Waals surface area contributed by atoms with Gasteiger partial charge in [0.2, 0.25) is 0 Å². The lowest BCUT2D eigenvalue weighted by Crippen LogP contribution is -2.37. The zero-order valence-corrected chi connectivity index (χ0v) is 31.6. The normalized spacial score (nSPS) is 25.5. The van der Waals surface area contributed by atoms with Crippen molar-refractivity contribution in [2.75, 3.05) is 32.2 Å². The molecule has 0 atom stereocenters. The first-order valence-electron chi connectivity index (χ1n) is 19.1. The molecule has 1 saturated heterocycles. The largest absolute Gasteiger partial charge is 0.467 e. The van der Waals surface area contributed by atoms with Crippen molar-refractivity contribution in [2.45, 2.75) is 136 Å². The molecule has 264 valence electrons. The first-order valence-corrected chi connectivity index (χ1v) is 19.9. The molecule has 0 aromatic carbocycles. The minimum Gasteiger partial charge on any atom is -0.467 e. The molecule has 47 heavy (non-hydrogen) atoms. The van der Waals surface area contributed by atoms with E-state index in [0.29, 0.717) is 12.0 Å². The number of piperidine rings is 1. The lowest BCUT2D eigenvalue weighted by atomic mass is 9.70. The van der Waals surface area contributed by atoms with Crippen molar-refractivity contribution >= 4 is 21.6 Å². The molecular formula is C39H64BrN5O2. The molecule has 0 N–H and O–H groups in total. The van der Waals surface area contributed by atoms with Crippen molar-refractivity contribution in [1.29, 1.82) is 0 Å². The van der Waals surface area contributed by atoms with Gasteiger partial charge in [-0.1, -0.05) is 97.3 Å². The van der Waals surface area contributed by atoms with Crippen molar-refractivity contribution in [3.63, 3.8) is 0 Å². The number of hydrogen-bond acceptors (Lipinski definition) is 7. The lowest BCUT2D eigenvalue weighted by molar-refractivity contribution is 0.163. The maximum atomic E-state index is 5.04. The van der Waals surface area contributed by atoms with Gasteiger partial charge in [-0.15, -0.1) is 0 Å². The molecule has 6 rings (SSSR count). The van der Waals surface area contributed by atoms with Crippen LogP contribution in [-0.2, 0) is 0 Å². The van der Waals surface area contributed by atoms with Crippen molar-refractivity contribution in [3.8, 4) is 12.0 Å². The van der Waals surface area contributed by atoms with Crippen molar-refractivity contribution < 1.29 is 9.47 Å². The fraction of sp³-hybridized carbons (Fsp3) is 0.795. The van der Waals surface area contributed by atoms with E-state index in [0.717, 1.165) is 58.8 Å². The smallest absolute Gasteiger partial charge is 0.316 e. The second-order valence-electron chi connectivity index (χ2n) is 14.7. The number of nitrogens with zero attached hydrogens (tertiary/aromatic N) is 5. The predicted octanol–water partition coefficient (Wildman–Crippen LogP) is 10.7. The molecule has 0 bridgehead atoms. The standard InChI is InChI=1S/C19H31N3O.C15H28.C5H5BrN2O/c1-3-4-15-5-7-16(8-6-15)17-9-11-22(12-10-17)18-13-20-19(23-2)21-14-18;1-2-6-13-9-11-15(12-10-13)14-7-4-3-5-8-14;1-9-5-7-2-4(6)3-8-5/h13-17H,3-12H2,1-2H3;13-15H,2-12H2,1H3;2-3H,1H3. The molecule has 2 aromatic rings. The van der Waals surface area contributed by atoms with E-state index < -0.39 is 0 Å². The summed E-state index contributed by atoms with van der Waals surface area (Å²) in [6.07, 6.45) is 35.2. The number of ether oxygens (including phenoxy) is 2. The van der Waals surface area contributed by atoms with Crippen LogP contribution in [0.3, 0.4) is 0 Å². The maximum absolute atomic E-state index is 5.04. The fourth-order valence-corrected chi connectivity index (χ4v) is 9.14. The summed E-state index contributed by atoms with van der Waals surface area (Å²) < 4.78 is 10.6. The van der Waals surface area contributed by atoms with Crippen molar-refractivity contribution in [3.05, 3.63) is 29.3 Å². The molecule has 1 aliphatic heterocycles. The highest BCUT2D eigenvalue weighted by Crippen LogP contribution is 2.41. The number of rotatable bonds is 9. The maximum Gasteiger partial charge on any atom is 0.316 e. The van der Waals surface area contributed by atoms with Crippen LogP contribution in [0.25, 0.3) is 0 Å². The van der Waals surface area contributed by atoms with E-state index in [2.05, 4.69) is 54.6 Å². The zero-order valence-electron chi connectivity index (χ0n) is 30.1. The van der Waals surface area contributed by atoms with Crippen LogP contribution in [0.15, 0.2) is 29.3 Å². The van der Waals surface area contributed by atoms with Gasteiger partial charge in [-0.05, 0) is 90.0 Å². The van der Waals surface area contributed by atoms with Gasteiger partial charge in [0, 0.05) is 25.5 Å². The molecule has 4 aliphatic rings. The highest BCUT2D eigenvalue weighted by molar-refractivity contribution is 9.10.